The number of benzene rings is 12. The van der Waals surface area contributed by atoms with Crippen molar-refractivity contribution in [3.8, 4) is 55.6 Å². The van der Waals surface area contributed by atoms with Crippen molar-refractivity contribution in [1.29, 1.82) is 0 Å². The van der Waals surface area contributed by atoms with Crippen molar-refractivity contribution >= 4 is 28.0 Å². The molecule has 0 atom stereocenters. The normalized spacial score (nSPS) is 13.3. The van der Waals surface area contributed by atoms with Gasteiger partial charge in [-0.25, -0.2) is 0 Å². The maximum absolute atomic E-state index is 5.68. The zero-order valence-electron chi connectivity index (χ0n) is 42.8. The summed E-state index contributed by atoms with van der Waals surface area (Å²) in [6.07, 6.45) is 1.75. The number of furan rings is 1. The highest BCUT2D eigenvalue weighted by Gasteiger charge is 2.47. The van der Waals surface area contributed by atoms with E-state index in [1.54, 1.807) is 6.26 Å². The number of hydrogen-bond acceptors (Lipinski definition) is 2. The van der Waals surface area contributed by atoms with Gasteiger partial charge in [0, 0.05) is 22.4 Å². The standard InChI is InChI=1S/C76H51NO/c1-5-17-59(18-6-1)75(60-19-7-2-8-20-60)70-27-15-13-25-66(70)68-44-35-56(50-72(68)75)53-31-40-64(41-32-53)77(63-38-29-52(30-39-63)55-37-46-74-58(49-55)47-48-78-74)65-42-33-54(34-43-65)57-36-45-69-67-26-14-16-28-71(67)76(73(69)51-57,61-21-9-3-10-22-61)62-23-11-4-12-24-62/h1-51H. The van der Waals surface area contributed by atoms with Gasteiger partial charge in [-0.3, -0.25) is 0 Å². The third-order valence-corrected chi connectivity index (χ3v) is 16.7. The van der Waals surface area contributed by atoms with Gasteiger partial charge in [-0.1, -0.05) is 237 Å². The van der Waals surface area contributed by atoms with Crippen molar-refractivity contribution in [1.82, 2.24) is 0 Å². The van der Waals surface area contributed by atoms with Gasteiger partial charge >= 0.3 is 0 Å². The molecule has 78 heavy (non-hydrogen) atoms. The number of rotatable bonds is 10. The van der Waals surface area contributed by atoms with Crippen molar-refractivity contribution < 1.29 is 4.42 Å². The van der Waals surface area contributed by atoms with E-state index in [9.17, 15) is 0 Å². The fraction of sp³-hybridized carbons (Fsp3) is 0.0263. The first-order chi connectivity index (χ1) is 38.7. The molecule has 15 rings (SSSR count). The molecule has 0 radical (unpaired) electrons. The van der Waals surface area contributed by atoms with Crippen molar-refractivity contribution in [2.24, 2.45) is 0 Å². The largest absolute Gasteiger partial charge is 0.464 e. The minimum Gasteiger partial charge on any atom is -0.464 e. The first-order valence-electron chi connectivity index (χ1n) is 27.0. The number of hydrogen-bond donors (Lipinski definition) is 0. The Kier molecular flexibility index (Phi) is 10.7. The lowest BCUT2D eigenvalue weighted by Gasteiger charge is -2.34. The quantitative estimate of drug-likeness (QED) is 0.136. The summed E-state index contributed by atoms with van der Waals surface area (Å²) >= 11 is 0. The molecule has 1 aromatic heterocycles. The molecule has 0 bridgehead atoms. The molecule has 13 aromatic rings. The molecule has 2 aliphatic carbocycles. The summed E-state index contributed by atoms with van der Waals surface area (Å²) in [6, 6.07) is 112. The summed E-state index contributed by atoms with van der Waals surface area (Å²) in [7, 11) is 0. The van der Waals surface area contributed by atoms with E-state index >= 15 is 0 Å². The summed E-state index contributed by atoms with van der Waals surface area (Å²) < 4.78 is 5.68. The minimum absolute atomic E-state index is 0.471. The van der Waals surface area contributed by atoms with Crippen LogP contribution >= 0.6 is 0 Å². The van der Waals surface area contributed by atoms with Crippen molar-refractivity contribution in [3.05, 3.63) is 354 Å². The van der Waals surface area contributed by atoms with Crippen LogP contribution in [0.15, 0.2) is 314 Å². The Morgan fingerprint density at radius 1 is 0.244 bits per heavy atom. The predicted octanol–water partition coefficient (Wildman–Crippen LogP) is 19.6. The fourth-order valence-corrected chi connectivity index (χ4v) is 13.3. The fourth-order valence-electron chi connectivity index (χ4n) is 13.3. The van der Waals surface area contributed by atoms with Gasteiger partial charge in [-0.2, -0.15) is 0 Å². The predicted molar refractivity (Wildman–Crippen MR) is 322 cm³/mol. The second-order valence-corrected chi connectivity index (χ2v) is 20.7. The van der Waals surface area contributed by atoms with E-state index in [1.807, 2.05) is 6.07 Å². The molecular formula is C76H51NO. The van der Waals surface area contributed by atoms with Crippen LogP contribution in [0.2, 0.25) is 0 Å². The topological polar surface area (TPSA) is 16.4 Å². The highest BCUT2D eigenvalue weighted by molar-refractivity contribution is 5.91. The van der Waals surface area contributed by atoms with Gasteiger partial charge in [0.25, 0.3) is 0 Å². The van der Waals surface area contributed by atoms with Crippen LogP contribution < -0.4 is 4.90 Å². The zero-order chi connectivity index (χ0) is 51.6. The molecule has 0 amide bonds. The molecule has 366 valence electrons. The minimum atomic E-state index is -0.471. The molecule has 2 nitrogen and oxygen atoms in total. The van der Waals surface area contributed by atoms with Gasteiger partial charge in [-0.15, -0.1) is 0 Å². The second-order valence-electron chi connectivity index (χ2n) is 20.7. The number of fused-ring (bicyclic) bond motifs is 7. The summed E-state index contributed by atoms with van der Waals surface area (Å²) in [5.41, 5.74) is 25.5. The Balaban J connectivity index is 0.829. The SMILES string of the molecule is c1ccc(C2(c3ccccc3)c3ccccc3-c3ccc(-c4ccc(N(c5ccc(-c6ccc7c(c6)C(c6ccccc6)(c6ccccc6)c6ccccc6-7)cc5)c5ccc(-c6ccc7occc7c6)cc5)cc4)cc32)cc1. The molecular weight excluding hydrogens is 943 g/mol. The smallest absolute Gasteiger partial charge is 0.133 e. The average molecular weight is 994 g/mol. The average Bonchev–Trinajstić information content (AvgIpc) is 3.89. The van der Waals surface area contributed by atoms with Crippen LogP contribution in [0.4, 0.5) is 17.1 Å². The van der Waals surface area contributed by atoms with Gasteiger partial charge in [0.2, 0.25) is 0 Å². The first-order valence-corrected chi connectivity index (χ1v) is 27.0. The van der Waals surface area contributed by atoms with E-state index in [0.29, 0.717) is 0 Å². The van der Waals surface area contributed by atoms with Gasteiger partial charge in [0.15, 0.2) is 0 Å². The van der Waals surface area contributed by atoms with E-state index in [1.165, 1.54) is 77.9 Å². The molecule has 0 N–H and O–H groups in total. The molecule has 0 unspecified atom stereocenters. The Hall–Kier alpha value is -10.0. The molecule has 0 saturated carbocycles. The lowest BCUT2D eigenvalue weighted by molar-refractivity contribution is 0.616. The zero-order valence-corrected chi connectivity index (χ0v) is 42.8. The maximum atomic E-state index is 5.68. The van der Waals surface area contributed by atoms with Gasteiger partial charge in [-0.05, 0) is 167 Å². The van der Waals surface area contributed by atoms with Gasteiger partial charge in [0.1, 0.15) is 5.58 Å². The summed E-state index contributed by atoms with van der Waals surface area (Å²) in [4.78, 5) is 2.38. The van der Waals surface area contributed by atoms with Gasteiger partial charge in [0.05, 0.1) is 17.1 Å². The van der Waals surface area contributed by atoms with Crippen LogP contribution in [0.5, 0.6) is 0 Å². The van der Waals surface area contributed by atoms with Crippen molar-refractivity contribution in [2.75, 3.05) is 4.90 Å². The third-order valence-electron chi connectivity index (χ3n) is 16.7. The van der Waals surface area contributed by atoms with E-state index in [2.05, 4.69) is 302 Å². The van der Waals surface area contributed by atoms with Crippen LogP contribution in [-0.4, -0.2) is 0 Å². The lowest BCUT2D eigenvalue weighted by atomic mass is 9.67. The summed E-state index contributed by atoms with van der Waals surface area (Å²) in [5, 5.41) is 1.09. The monoisotopic (exact) mass is 993 g/mol. The third kappa shape index (κ3) is 7.04. The Morgan fingerprint density at radius 2 is 0.564 bits per heavy atom. The van der Waals surface area contributed by atoms with Crippen LogP contribution in [0.3, 0.4) is 0 Å². The van der Waals surface area contributed by atoms with Crippen LogP contribution in [0.1, 0.15) is 44.5 Å². The van der Waals surface area contributed by atoms with E-state index in [0.717, 1.165) is 50.3 Å². The molecule has 0 aliphatic heterocycles. The lowest BCUT2D eigenvalue weighted by Crippen LogP contribution is -2.28. The number of nitrogens with zero attached hydrogens (tertiary/aromatic N) is 1. The Labute approximate surface area is 455 Å². The molecule has 1 heterocycles. The molecule has 12 aromatic carbocycles. The van der Waals surface area contributed by atoms with Crippen molar-refractivity contribution in [3.63, 3.8) is 0 Å². The molecule has 2 heteroatoms. The summed E-state index contributed by atoms with van der Waals surface area (Å²) in [5.74, 6) is 0. The second kappa shape index (κ2) is 18.4. The van der Waals surface area contributed by atoms with Crippen LogP contribution in [-0.2, 0) is 10.8 Å². The van der Waals surface area contributed by atoms with E-state index < -0.39 is 10.8 Å². The number of anilines is 3. The highest BCUT2D eigenvalue weighted by atomic mass is 16.3. The van der Waals surface area contributed by atoms with Crippen molar-refractivity contribution in [2.45, 2.75) is 10.8 Å². The Morgan fingerprint density at radius 3 is 0.962 bits per heavy atom. The Bertz CT molecular complexity index is 4030. The van der Waals surface area contributed by atoms with Crippen LogP contribution in [0.25, 0.3) is 66.6 Å². The van der Waals surface area contributed by atoms with Crippen LogP contribution in [0, 0.1) is 0 Å². The highest BCUT2D eigenvalue weighted by Crippen LogP contribution is 2.58. The molecule has 0 saturated heterocycles. The maximum Gasteiger partial charge on any atom is 0.133 e. The first kappa shape index (κ1) is 45.4. The molecule has 2 aliphatic rings. The van der Waals surface area contributed by atoms with E-state index in [-0.39, 0.29) is 0 Å². The summed E-state index contributed by atoms with van der Waals surface area (Å²) in [6.45, 7) is 0. The molecule has 0 spiro atoms. The van der Waals surface area contributed by atoms with Gasteiger partial charge < -0.3 is 9.32 Å². The van der Waals surface area contributed by atoms with E-state index in [4.69, 9.17) is 4.42 Å². The molecule has 0 fully saturated rings.